The van der Waals surface area contributed by atoms with Crippen LogP contribution in [0.15, 0.2) is 12.1 Å². The zero-order valence-electron chi connectivity index (χ0n) is 11.7. The van der Waals surface area contributed by atoms with Gasteiger partial charge < -0.3 is 15.0 Å². The lowest BCUT2D eigenvalue weighted by Crippen LogP contribution is -2.40. The van der Waals surface area contributed by atoms with Crippen molar-refractivity contribution in [2.45, 2.75) is 38.5 Å². The van der Waals surface area contributed by atoms with E-state index in [0.717, 1.165) is 30.6 Å². The highest BCUT2D eigenvalue weighted by Crippen LogP contribution is 2.22. The van der Waals surface area contributed by atoms with E-state index in [4.69, 9.17) is 16.3 Å². The molecule has 0 aromatic carbocycles. The zero-order chi connectivity index (χ0) is 13.7. The van der Waals surface area contributed by atoms with Gasteiger partial charge in [0, 0.05) is 37.2 Å². The van der Waals surface area contributed by atoms with E-state index in [0.29, 0.717) is 12.1 Å². The molecule has 0 radical (unpaired) electrons. The van der Waals surface area contributed by atoms with Gasteiger partial charge in [-0.05, 0) is 38.9 Å². The van der Waals surface area contributed by atoms with E-state index in [1.54, 1.807) is 11.3 Å². The third-order valence-corrected chi connectivity index (χ3v) is 4.75. The Balaban J connectivity index is 1.62. The van der Waals surface area contributed by atoms with Crippen LogP contribution in [0.2, 0.25) is 4.34 Å². The SMILES string of the molecule is CC(NCCN(C)Cc1ccc(Cl)s1)C1CCCO1. The van der Waals surface area contributed by atoms with E-state index in [1.165, 1.54) is 17.7 Å². The molecule has 0 aliphatic carbocycles. The summed E-state index contributed by atoms with van der Waals surface area (Å²) in [7, 11) is 2.14. The molecule has 0 bridgehead atoms. The van der Waals surface area contributed by atoms with Gasteiger partial charge in [0.25, 0.3) is 0 Å². The van der Waals surface area contributed by atoms with E-state index in [-0.39, 0.29) is 0 Å². The van der Waals surface area contributed by atoms with Crippen LogP contribution in [0.4, 0.5) is 0 Å². The Morgan fingerprint density at radius 3 is 3.05 bits per heavy atom. The second-order valence-electron chi connectivity index (χ2n) is 5.24. The average molecular weight is 303 g/mol. The molecule has 0 spiro atoms. The monoisotopic (exact) mass is 302 g/mol. The number of ether oxygens (including phenoxy) is 1. The molecule has 2 heterocycles. The van der Waals surface area contributed by atoms with Crippen LogP contribution in [0.1, 0.15) is 24.6 Å². The molecule has 1 aliphatic heterocycles. The molecule has 19 heavy (non-hydrogen) atoms. The molecule has 108 valence electrons. The largest absolute Gasteiger partial charge is 0.377 e. The van der Waals surface area contributed by atoms with Gasteiger partial charge in [0.1, 0.15) is 0 Å². The number of hydrogen-bond acceptors (Lipinski definition) is 4. The highest BCUT2D eigenvalue weighted by molar-refractivity contribution is 7.16. The van der Waals surface area contributed by atoms with Crippen molar-refractivity contribution in [2.24, 2.45) is 0 Å². The number of thiophene rings is 1. The van der Waals surface area contributed by atoms with Gasteiger partial charge >= 0.3 is 0 Å². The summed E-state index contributed by atoms with van der Waals surface area (Å²) in [6.07, 6.45) is 2.80. The predicted molar refractivity (Wildman–Crippen MR) is 82.1 cm³/mol. The Kier molecular flexibility index (Phi) is 6.10. The third-order valence-electron chi connectivity index (χ3n) is 3.54. The average Bonchev–Trinajstić information content (AvgIpc) is 3.00. The molecular formula is C14H23ClN2OS. The normalized spacial score (nSPS) is 21.2. The summed E-state index contributed by atoms with van der Waals surface area (Å²) in [6, 6.07) is 4.52. The second kappa shape index (κ2) is 7.60. The first kappa shape index (κ1) is 15.3. The van der Waals surface area contributed by atoms with E-state index >= 15 is 0 Å². The lowest BCUT2D eigenvalue weighted by atomic mass is 10.1. The van der Waals surface area contributed by atoms with E-state index < -0.39 is 0 Å². The van der Waals surface area contributed by atoms with Crippen molar-refractivity contribution < 1.29 is 4.74 Å². The summed E-state index contributed by atoms with van der Waals surface area (Å²) >= 11 is 7.60. The van der Waals surface area contributed by atoms with Crippen molar-refractivity contribution >= 4 is 22.9 Å². The molecule has 1 saturated heterocycles. The minimum Gasteiger partial charge on any atom is -0.377 e. The molecule has 2 rings (SSSR count). The smallest absolute Gasteiger partial charge is 0.0931 e. The fraction of sp³-hybridized carbons (Fsp3) is 0.714. The van der Waals surface area contributed by atoms with E-state index in [9.17, 15) is 0 Å². The van der Waals surface area contributed by atoms with Crippen molar-refractivity contribution in [3.8, 4) is 0 Å². The molecule has 0 saturated carbocycles. The first-order valence-electron chi connectivity index (χ1n) is 6.93. The number of hydrogen-bond donors (Lipinski definition) is 1. The van der Waals surface area contributed by atoms with Gasteiger partial charge in [-0.3, -0.25) is 0 Å². The Morgan fingerprint density at radius 2 is 2.42 bits per heavy atom. The van der Waals surface area contributed by atoms with Gasteiger partial charge in [-0.15, -0.1) is 11.3 Å². The summed E-state index contributed by atoms with van der Waals surface area (Å²) in [5, 5.41) is 3.56. The number of nitrogens with zero attached hydrogens (tertiary/aromatic N) is 1. The van der Waals surface area contributed by atoms with Gasteiger partial charge in [-0.1, -0.05) is 11.6 Å². The second-order valence-corrected chi connectivity index (χ2v) is 7.04. The summed E-state index contributed by atoms with van der Waals surface area (Å²) < 4.78 is 6.55. The molecule has 5 heteroatoms. The topological polar surface area (TPSA) is 24.5 Å². The van der Waals surface area contributed by atoms with E-state index in [2.05, 4.69) is 30.3 Å². The fourth-order valence-electron chi connectivity index (χ4n) is 2.39. The molecule has 1 aromatic heterocycles. The quantitative estimate of drug-likeness (QED) is 0.838. The number of rotatable bonds is 7. The van der Waals surface area contributed by atoms with Crippen LogP contribution in [0, 0.1) is 0 Å². The fourth-order valence-corrected chi connectivity index (χ4v) is 3.56. The third kappa shape index (κ3) is 5.04. The van der Waals surface area contributed by atoms with Gasteiger partial charge in [-0.25, -0.2) is 0 Å². The summed E-state index contributed by atoms with van der Waals surface area (Å²) in [6.45, 7) is 6.14. The summed E-state index contributed by atoms with van der Waals surface area (Å²) in [4.78, 5) is 3.64. The van der Waals surface area contributed by atoms with Crippen LogP contribution in [0.3, 0.4) is 0 Å². The van der Waals surface area contributed by atoms with Crippen LogP contribution >= 0.6 is 22.9 Å². The first-order valence-corrected chi connectivity index (χ1v) is 8.12. The first-order chi connectivity index (χ1) is 9.15. The minimum atomic E-state index is 0.404. The van der Waals surface area contributed by atoms with Gasteiger partial charge in [0.15, 0.2) is 0 Å². The van der Waals surface area contributed by atoms with Crippen LogP contribution in [-0.4, -0.2) is 43.8 Å². The molecule has 0 amide bonds. The van der Waals surface area contributed by atoms with Crippen LogP contribution in [0.5, 0.6) is 0 Å². The van der Waals surface area contributed by atoms with E-state index in [1.807, 2.05) is 6.07 Å². The molecule has 2 atom stereocenters. The zero-order valence-corrected chi connectivity index (χ0v) is 13.3. The highest BCUT2D eigenvalue weighted by Gasteiger charge is 2.21. The van der Waals surface area contributed by atoms with Gasteiger partial charge in [0.2, 0.25) is 0 Å². The predicted octanol–water partition coefficient (Wildman–Crippen LogP) is 2.99. The summed E-state index contributed by atoms with van der Waals surface area (Å²) in [5.41, 5.74) is 0. The van der Waals surface area contributed by atoms with Crippen LogP contribution < -0.4 is 5.32 Å². The number of likely N-dealkylation sites (N-methyl/N-ethyl adjacent to an activating group) is 1. The molecule has 1 aliphatic rings. The van der Waals surface area contributed by atoms with Crippen LogP contribution in [-0.2, 0) is 11.3 Å². The van der Waals surface area contributed by atoms with Crippen LogP contribution in [0.25, 0.3) is 0 Å². The van der Waals surface area contributed by atoms with Gasteiger partial charge in [-0.2, -0.15) is 0 Å². The lowest BCUT2D eigenvalue weighted by molar-refractivity contribution is 0.0829. The standard InChI is InChI=1S/C14H23ClN2OS/c1-11(13-4-3-9-18-13)16-7-8-17(2)10-12-5-6-14(15)19-12/h5-6,11,13,16H,3-4,7-10H2,1-2H3. The molecular weight excluding hydrogens is 280 g/mol. The molecule has 1 N–H and O–H groups in total. The molecule has 2 unspecified atom stereocenters. The van der Waals surface area contributed by atoms with Crippen molar-refractivity contribution in [2.75, 3.05) is 26.7 Å². The Labute approximate surface area is 124 Å². The molecule has 1 aromatic rings. The van der Waals surface area contributed by atoms with Crippen molar-refractivity contribution in [1.29, 1.82) is 0 Å². The lowest BCUT2D eigenvalue weighted by Gasteiger charge is -2.22. The Bertz CT molecular complexity index is 379. The van der Waals surface area contributed by atoms with Crippen molar-refractivity contribution in [1.82, 2.24) is 10.2 Å². The molecule has 1 fully saturated rings. The van der Waals surface area contributed by atoms with Crippen molar-refractivity contribution in [3.63, 3.8) is 0 Å². The summed E-state index contributed by atoms with van der Waals surface area (Å²) in [5.74, 6) is 0. The molecule has 3 nitrogen and oxygen atoms in total. The minimum absolute atomic E-state index is 0.404. The highest BCUT2D eigenvalue weighted by atomic mass is 35.5. The van der Waals surface area contributed by atoms with Gasteiger partial charge in [0.05, 0.1) is 10.4 Å². The number of nitrogens with one attached hydrogen (secondary N) is 1. The Hall–Kier alpha value is -0.130. The maximum absolute atomic E-state index is 5.94. The number of halogens is 1. The van der Waals surface area contributed by atoms with Crippen molar-refractivity contribution in [3.05, 3.63) is 21.3 Å². The maximum Gasteiger partial charge on any atom is 0.0931 e. The maximum atomic E-state index is 5.94. The Morgan fingerprint density at radius 1 is 1.58 bits per heavy atom.